The van der Waals surface area contributed by atoms with E-state index in [0.717, 1.165) is 15.9 Å². The number of nitrogen functional groups attached to an aromatic ring is 1. The summed E-state index contributed by atoms with van der Waals surface area (Å²) in [6.07, 6.45) is 0. The first-order valence-electron chi connectivity index (χ1n) is 6.63. The largest absolute Gasteiger partial charge is 0.398 e. The quantitative estimate of drug-likeness (QED) is 0.574. The van der Waals surface area contributed by atoms with Crippen LogP contribution in [-0.2, 0) is 11.2 Å². The van der Waals surface area contributed by atoms with E-state index in [1.165, 1.54) is 16.0 Å². The molecule has 0 unspecified atom stereocenters. The van der Waals surface area contributed by atoms with Crippen LogP contribution < -0.4 is 5.73 Å². The summed E-state index contributed by atoms with van der Waals surface area (Å²) in [5.74, 6) is 0.937. The molecule has 0 aliphatic rings. The van der Waals surface area contributed by atoms with Gasteiger partial charge in [0, 0.05) is 20.8 Å². The van der Waals surface area contributed by atoms with Crippen molar-refractivity contribution in [2.45, 2.75) is 36.8 Å². The minimum absolute atomic E-state index is 0.212. The Bertz CT molecular complexity index is 585. The lowest BCUT2D eigenvalue weighted by Gasteiger charge is -2.19. The maximum absolute atomic E-state index is 5.90. The smallest absolute Gasteiger partial charge is 0.0461 e. The lowest BCUT2D eigenvalue weighted by Crippen LogP contribution is -2.10. The molecule has 2 aromatic carbocycles. The van der Waals surface area contributed by atoms with Crippen LogP contribution in [0.3, 0.4) is 0 Å². The average molecular weight is 350 g/mol. The van der Waals surface area contributed by atoms with Gasteiger partial charge in [-0.25, -0.2) is 0 Å². The van der Waals surface area contributed by atoms with Gasteiger partial charge in [-0.05, 0) is 56.7 Å². The SMILES string of the molecule is CC(C)(C)c1ccc(SCc2ccc(Br)c(N)c2)cc1. The van der Waals surface area contributed by atoms with Gasteiger partial charge in [-0.3, -0.25) is 0 Å². The van der Waals surface area contributed by atoms with Crippen LogP contribution in [0.15, 0.2) is 51.8 Å². The van der Waals surface area contributed by atoms with E-state index in [4.69, 9.17) is 5.73 Å². The van der Waals surface area contributed by atoms with Gasteiger partial charge in [0.2, 0.25) is 0 Å². The molecule has 1 nitrogen and oxygen atoms in total. The minimum Gasteiger partial charge on any atom is -0.398 e. The Morgan fingerprint density at radius 3 is 2.25 bits per heavy atom. The molecule has 2 rings (SSSR count). The fourth-order valence-electron chi connectivity index (χ4n) is 1.90. The van der Waals surface area contributed by atoms with Crippen LogP contribution in [0.4, 0.5) is 5.69 Å². The van der Waals surface area contributed by atoms with Gasteiger partial charge in [-0.1, -0.05) is 39.0 Å². The summed E-state index contributed by atoms with van der Waals surface area (Å²) in [7, 11) is 0. The van der Waals surface area contributed by atoms with E-state index in [1.54, 1.807) is 0 Å². The van der Waals surface area contributed by atoms with Gasteiger partial charge >= 0.3 is 0 Å². The first kappa shape index (κ1) is 15.5. The molecular formula is C17H20BrNS. The number of rotatable bonds is 3. The maximum Gasteiger partial charge on any atom is 0.0461 e. The number of nitrogens with two attached hydrogens (primary N) is 1. The van der Waals surface area contributed by atoms with Gasteiger partial charge in [-0.2, -0.15) is 0 Å². The topological polar surface area (TPSA) is 26.0 Å². The number of anilines is 1. The zero-order chi connectivity index (χ0) is 14.8. The van der Waals surface area contributed by atoms with Crippen molar-refractivity contribution in [2.24, 2.45) is 0 Å². The summed E-state index contributed by atoms with van der Waals surface area (Å²) in [5, 5.41) is 0. The third-order valence-corrected chi connectivity index (χ3v) is 4.99. The highest BCUT2D eigenvalue weighted by atomic mass is 79.9. The molecule has 3 heteroatoms. The predicted molar refractivity (Wildman–Crippen MR) is 93.3 cm³/mol. The van der Waals surface area contributed by atoms with Crippen LogP contribution in [0.5, 0.6) is 0 Å². The Kier molecular flexibility index (Phi) is 4.82. The van der Waals surface area contributed by atoms with Crippen molar-refractivity contribution >= 4 is 33.4 Å². The van der Waals surface area contributed by atoms with E-state index in [1.807, 2.05) is 23.9 Å². The van der Waals surface area contributed by atoms with Gasteiger partial charge in [0.1, 0.15) is 0 Å². The van der Waals surface area contributed by atoms with Gasteiger partial charge in [0.05, 0.1) is 0 Å². The van der Waals surface area contributed by atoms with E-state index >= 15 is 0 Å². The first-order valence-corrected chi connectivity index (χ1v) is 8.41. The van der Waals surface area contributed by atoms with Gasteiger partial charge < -0.3 is 5.73 Å². The molecule has 106 valence electrons. The summed E-state index contributed by atoms with van der Waals surface area (Å²) in [6, 6.07) is 15.0. The average Bonchev–Trinajstić information content (AvgIpc) is 2.40. The number of benzene rings is 2. The zero-order valence-electron chi connectivity index (χ0n) is 12.1. The second-order valence-electron chi connectivity index (χ2n) is 5.92. The standard InChI is InChI=1S/C17H20BrNS/c1-17(2,3)13-5-7-14(8-6-13)20-11-12-4-9-15(18)16(19)10-12/h4-10H,11,19H2,1-3H3. The van der Waals surface area contributed by atoms with Crippen LogP contribution in [0.25, 0.3) is 0 Å². The molecule has 0 aliphatic heterocycles. The molecule has 0 amide bonds. The molecular weight excluding hydrogens is 330 g/mol. The van der Waals surface area contributed by atoms with Gasteiger partial charge in [-0.15, -0.1) is 11.8 Å². The Balaban J connectivity index is 2.02. The van der Waals surface area contributed by atoms with E-state index in [2.05, 4.69) is 67.0 Å². The minimum atomic E-state index is 0.212. The number of hydrogen-bond donors (Lipinski definition) is 1. The van der Waals surface area contributed by atoms with Crippen LogP contribution in [0, 0.1) is 0 Å². The molecule has 2 aromatic rings. The molecule has 0 atom stereocenters. The van der Waals surface area contributed by atoms with Crippen molar-refractivity contribution in [3.8, 4) is 0 Å². The van der Waals surface area contributed by atoms with E-state index in [9.17, 15) is 0 Å². The normalized spacial score (nSPS) is 11.6. The molecule has 20 heavy (non-hydrogen) atoms. The van der Waals surface area contributed by atoms with Crippen molar-refractivity contribution in [2.75, 3.05) is 5.73 Å². The lowest BCUT2D eigenvalue weighted by molar-refractivity contribution is 0.590. The van der Waals surface area contributed by atoms with E-state index < -0.39 is 0 Å². The fraction of sp³-hybridized carbons (Fsp3) is 0.294. The lowest BCUT2D eigenvalue weighted by atomic mass is 9.87. The Morgan fingerprint density at radius 2 is 1.70 bits per heavy atom. The summed E-state index contributed by atoms with van der Waals surface area (Å²) in [6.45, 7) is 6.71. The maximum atomic E-state index is 5.90. The van der Waals surface area contributed by atoms with Gasteiger partial charge in [0.15, 0.2) is 0 Å². The predicted octanol–water partition coefficient (Wildman–Crippen LogP) is 5.62. The van der Waals surface area contributed by atoms with E-state index in [0.29, 0.717) is 0 Å². The van der Waals surface area contributed by atoms with Crippen LogP contribution in [0.2, 0.25) is 0 Å². The molecule has 0 aromatic heterocycles. The summed E-state index contributed by atoms with van der Waals surface area (Å²) in [4.78, 5) is 1.29. The Labute approximate surface area is 134 Å². The van der Waals surface area contributed by atoms with Crippen molar-refractivity contribution in [3.05, 3.63) is 58.1 Å². The molecule has 0 fully saturated rings. The molecule has 0 radical (unpaired) electrons. The third kappa shape index (κ3) is 4.03. The molecule has 0 saturated heterocycles. The highest BCUT2D eigenvalue weighted by molar-refractivity contribution is 9.10. The van der Waals surface area contributed by atoms with Crippen molar-refractivity contribution in [1.29, 1.82) is 0 Å². The Morgan fingerprint density at radius 1 is 1.05 bits per heavy atom. The molecule has 0 saturated carbocycles. The summed E-state index contributed by atoms with van der Waals surface area (Å²) < 4.78 is 0.959. The van der Waals surface area contributed by atoms with Crippen LogP contribution in [-0.4, -0.2) is 0 Å². The second kappa shape index (κ2) is 6.23. The van der Waals surface area contributed by atoms with Crippen molar-refractivity contribution in [1.82, 2.24) is 0 Å². The second-order valence-corrected chi connectivity index (χ2v) is 7.82. The number of hydrogen-bond acceptors (Lipinski definition) is 2. The first-order chi connectivity index (χ1) is 9.36. The highest BCUT2D eigenvalue weighted by Gasteiger charge is 2.12. The fourth-order valence-corrected chi connectivity index (χ4v) is 2.99. The van der Waals surface area contributed by atoms with Crippen LogP contribution in [0.1, 0.15) is 31.9 Å². The van der Waals surface area contributed by atoms with Crippen LogP contribution >= 0.6 is 27.7 Å². The Hall–Kier alpha value is -0.930. The molecule has 2 N–H and O–H groups in total. The van der Waals surface area contributed by atoms with Crippen molar-refractivity contribution in [3.63, 3.8) is 0 Å². The molecule has 0 bridgehead atoms. The summed E-state index contributed by atoms with van der Waals surface area (Å²) in [5.41, 5.74) is 9.53. The van der Waals surface area contributed by atoms with Crippen molar-refractivity contribution < 1.29 is 0 Å². The van der Waals surface area contributed by atoms with Gasteiger partial charge in [0.25, 0.3) is 0 Å². The van der Waals surface area contributed by atoms with E-state index in [-0.39, 0.29) is 5.41 Å². The molecule has 0 heterocycles. The number of halogens is 1. The monoisotopic (exact) mass is 349 g/mol. The zero-order valence-corrected chi connectivity index (χ0v) is 14.5. The number of thioether (sulfide) groups is 1. The highest BCUT2D eigenvalue weighted by Crippen LogP contribution is 2.29. The summed E-state index contributed by atoms with van der Waals surface area (Å²) >= 11 is 5.26. The molecule has 0 spiro atoms. The third-order valence-electron chi connectivity index (χ3n) is 3.19. The molecule has 0 aliphatic carbocycles.